The number of imidazole rings is 2. The fourth-order valence-corrected chi connectivity index (χ4v) is 7.55. The van der Waals surface area contributed by atoms with E-state index in [9.17, 15) is 9.59 Å². The number of alkyl carbamates (subject to hydrolysis) is 1. The summed E-state index contributed by atoms with van der Waals surface area (Å²) in [6.07, 6.45) is 15.1. The molecule has 0 radical (unpaired) electrons. The zero-order valence-electron chi connectivity index (χ0n) is 28.7. The Morgan fingerprint density at radius 1 is 0.854 bits per heavy atom. The van der Waals surface area contributed by atoms with Gasteiger partial charge in [-0.1, -0.05) is 63.8 Å². The van der Waals surface area contributed by atoms with Crippen LogP contribution in [0, 0.1) is 11.8 Å². The maximum absolute atomic E-state index is 13.3. The first kappa shape index (κ1) is 33.7. The Morgan fingerprint density at radius 2 is 1.46 bits per heavy atom. The van der Waals surface area contributed by atoms with Crippen molar-refractivity contribution in [3.8, 4) is 0 Å². The number of allylic oxidation sites excluding steroid dienone is 2. The third kappa shape index (κ3) is 8.45. The number of carbonyl (C=O) groups excluding carboxylic acids is 2. The lowest BCUT2D eigenvalue weighted by Crippen LogP contribution is -2.48. The van der Waals surface area contributed by atoms with Crippen LogP contribution in [-0.4, -0.2) is 62.6 Å². The fourth-order valence-electron chi connectivity index (χ4n) is 7.55. The Labute approximate surface area is 283 Å². The van der Waals surface area contributed by atoms with Crippen LogP contribution < -0.4 is 10.6 Å². The molecule has 2 aromatic carbocycles. The summed E-state index contributed by atoms with van der Waals surface area (Å²) in [5.74, 6) is 2.75. The van der Waals surface area contributed by atoms with Crippen LogP contribution in [0.25, 0.3) is 22.1 Å². The van der Waals surface area contributed by atoms with E-state index in [2.05, 4.69) is 81.7 Å². The summed E-state index contributed by atoms with van der Waals surface area (Å²) in [4.78, 5) is 43.4. The molecule has 256 valence electrons. The molecule has 0 saturated heterocycles. The second-order valence-corrected chi connectivity index (χ2v) is 13.9. The van der Waals surface area contributed by atoms with Crippen molar-refractivity contribution in [3.05, 3.63) is 71.3 Å². The summed E-state index contributed by atoms with van der Waals surface area (Å²) in [6.45, 7) is 5.62. The van der Waals surface area contributed by atoms with E-state index in [1.54, 1.807) is 0 Å². The second-order valence-electron chi connectivity index (χ2n) is 13.9. The number of ether oxygens (including phenoxy) is 1. The van der Waals surface area contributed by atoms with Gasteiger partial charge >= 0.3 is 6.09 Å². The lowest BCUT2D eigenvalue weighted by atomic mass is 9.84. The summed E-state index contributed by atoms with van der Waals surface area (Å²) in [6, 6.07) is 13.5. The van der Waals surface area contributed by atoms with Gasteiger partial charge in [0.25, 0.3) is 0 Å². The molecule has 2 aliphatic rings. The average Bonchev–Trinajstić information content (AvgIpc) is 3.70. The number of nitrogens with one attached hydrogen (secondary N) is 4. The molecule has 6 rings (SSSR count). The van der Waals surface area contributed by atoms with E-state index in [0.717, 1.165) is 78.3 Å². The number of hydrogen-bond donors (Lipinski definition) is 4. The number of nitrogens with zero attached hydrogens (tertiary/aromatic N) is 3. The van der Waals surface area contributed by atoms with Crippen molar-refractivity contribution < 1.29 is 14.3 Å². The van der Waals surface area contributed by atoms with Gasteiger partial charge in [0, 0.05) is 12.1 Å². The minimum absolute atomic E-state index is 0.0966. The Balaban J connectivity index is 1.05. The van der Waals surface area contributed by atoms with Gasteiger partial charge < -0.3 is 30.2 Å². The quantitative estimate of drug-likeness (QED) is 0.126. The number of rotatable bonds is 12. The molecular formula is C38H51N7O3. The first-order valence-corrected chi connectivity index (χ1v) is 17.8. The molecule has 2 heterocycles. The molecule has 10 heteroatoms. The zero-order chi connectivity index (χ0) is 33.5. The Bertz CT molecular complexity index is 1730. The number of carbonyl (C=O) groups is 2. The van der Waals surface area contributed by atoms with Gasteiger partial charge in [0.05, 0.1) is 42.3 Å². The van der Waals surface area contributed by atoms with Crippen molar-refractivity contribution >= 4 is 34.1 Å². The molecule has 0 aliphatic heterocycles. The van der Waals surface area contributed by atoms with E-state index in [0.29, 0.717) is 18.5 Å². The minimum atomic E-state index is -0.606. The highest BCUT2D eigenvalue weighted by Gasteiger charge is 2.31. The van der Waals surface area contributed by atoms with E-state index in [4.69, 9.17) is 9.97 Å². The van der Waals surface area contributed by atoms with Gasteiger partial charge in [-0.2, -0.15) is 0 Å². The van der Waals surface area contributed by atoms with Crippen LogP contribution in [0.3, 0.4) is 0 Å². The second kappa shape index (κ2) is 15.8. The number of aromatic amines is 2. The standard InChI is InChI=1S/C38H51N7O3/c1-25-10-4-8-14-29(25)39-22-35-41-30-18-16-27(20-32(30)43-35)12-6-7-13-28-17-19-31-33(21-28)44-36(42-31)24-45(34-15-9-5-11-26(34)2)37(46)23-40-38(47)48-3/h6-7,16-21,25-26,29,34,39H,4-5,8-15,22-24H2,1-3H3,(H,40,47)(H,41,43)(H,42,44)/b7-6+. The highest BCUT2D eigenvalue weighted by molar-refractivity contribution is 5.83. The predicted molar refractivity (Wildman–Crippen MR) is 189 cm³/mol. The molecule has 4 unspecified atom stereocenters. The smallest absolute Gasteiger partial charge is 0.407 e. The minimum Gasteiger partial charge on any atom is -0.453 e. The third-order valence-electron chi connectivity index (χ3n) is 10.4. The van der Waals surface area contributed by atoms with Crippen LogP contribution in [-0.2, 0) is 35.5 Å². The number of hydrogen-bond acceptors (Lipinski definition) is 6. The van der Waals surface area contributed by atoms with Gasteiger partial charge in [-0.25, -0.2) is 14.8 Å². The molecule has 48 heavy (non-hydrogen) atoms. The van der Waals surface area contributed by atoms with Crippen molar-refractivity contribution in [1.29, 1.82) is 0 Å². The van der Waals surface area contributed by atoms with Crippen LogP contribution >= 0.6 is 0 Å². The maximum Gasteiger partial charge on any atom is 0.407 e. The maximum atomic E-state index is 13.3. The highest BCUT2D eigenvalue weighted by atomic mass is 16.5. The van der Waals surface area contributed by atoms with E-state index in [-0.39, 0.29) is 18.5 Å². The molecule has 10 nitrogen and oxygen atoms in total. The largest absolute Gasteiger partial charge is 0.453 e. The van der Waals surface area contributed by atoms with Crippen molar-refractivity contribution in [2.24, 2.45) is 11.8 Å². The topological polar surface area (TPSA) is 128 Å². The third-order valence-corrected chi connectivity index (χ3v) is 10.4. The first-order valence-electron chi connectivity index (χ1n) is 17.8. The van der Waals surface area contributed by atoms with E-state index < -0.39 is 6.09 Å². The van der Waals surface area contributed by atoms with Crippen molar-refractivity contribution in [2.75, 3.05) is 13.7 Å². The van der Waals surface area contributed by atoms with E-state index in [1.165, 1.54) is 50.3 Å². The highest BCUT2D eigenvalue weighted by Crippen LogP contribution is 2.30. The Morgan fingerprint density at radius 3 is 2.10 bits per heavy atom. The molecule has 0 bridgehead atoms. The van der Waals surface area contributed by atoms with Gasteiger partial charge in [-0.05, 0) is 85.8 Å². The number of amides is 2. The molecule has 2 saturated carbocycles. The van der Waals surface area contributed by atoms with Crippen molar-refractivity contribution in [2.45, 2.75) is 103 Å². The monoisotopic (exact) mass is 653 g/mol. The molecule has 2 aliphatic carbocycles. The van der Waals surface area contributed by atoms with Crippen LogP contribution in [0.5, 0.6) is 0 Å². The molecule has 4 N–H and O–H groups in total. The molecule has 4 aromatic rings. The number of fused-ring (bicyclic) bond motifs is 2. The van der Waals surface area contributed by atoms with Crippen molar-refractivity contribution in [1.82, 2.24) is 35.5 Å². The van der Waals surface area contributed by atoms with Gasteiger partial charge in [0.2, 0.25) is 5.91 Å². The van der Waals surface area contributed by atoms with Crippen LogP contribution in [0.15, 0.2) is 48.6 Å². The van der Waals surface area contributed by atoms with Crippen molar-refractivity contribution in [3.63, 3.8) is 0 Å². The number of methoxy groups -OCH3 is 1. The van der Waals surface area contributed by atoms with Crippen LogP contribution in [0.4, 0.5) is 4.79 Å². The van der Waals surface area contributed by atoms with Gasteiger partial charge in [0.15, 0.2) is 0 Å². The number of benzene rings is 2. The SMILES string of the molecule is COC(=O)NCC(=O)N(Cc1nc2ccc(C/C=C/Cc3ccc4nc(CNC5CCCCC5C)[nH]c4c3)cc2[nH]1)C1CCCCC1C. The normalized spacial score (nSPS) is 21.6. The van der Waals surface area contributed by atoms with Crippen LogP contribution in [0.1, 0.15) is 88.0 Å². The summed E-state index contributed by atoms with van der Waals surface area (Å²) >= 11 is 0. The van der Waals surface area contributed by atoms with Gasteiger partial charge in [-0.3, -0.25) is 4.79 Å². The number of aromatic nitrogens is 4. The predicted octanol–water partition coefficient (Wildman–Crippen LogP) is 6.71. The van der Waals surface area contributed by atoms with E-state index in [1.807, 2.05) is 11.0 Å². The van der Waals surface area contributed by atoms with Crippen LogP contribution in [0.2, 0.25) is 0 Å². The van der Waals surface area contributed by atoms with E-state index >= 15 is 0 Å². The fraction of sp³-hybridized carbons (Fsp3) is 0.526. The Kier molecular flexibility index (Phi) is 11.1. The lowest BCUT2D eigenvalue weighted by molar-refractivity contribution is -0.135. The molecule has 0 spiro atoms. The summed E-state index contributed by atoms with van der Waals surface area (Å²) < 4.78 is 4.67. The van der Waals surface area contributed by atoms with Gasteiger partial charge in [0.1, 0.15) is 18.2 Å². The molecule has 2 amide bonds. The lowest BCUT2D eigenvalue weighted by Gasteiger charge is -2.38. The first-order chi connectivity index (χ1) is 23.4. The molecular weight excluding hydrogens is 602 g/mol. The zero-order valence-corrected chi connectivity index (χ0v) is 28.7. The molecule has 2 fully saturated rings. The molecule has 2 aromatic heterocycles. The number of H-pyrrole nitrogens is 2. The summed E-state index contributed by atoms with van der Waals surface area (Å²) in [5, 5.41) is 6.28. The summed E-state index contributed by atoms with van der Waals surface area (Å²) in [7, 11) is 1.30. The molecule has 4 atom stereocenters. The Hall–Kier alpha value is -4.18. The average molecular weight is 654 g/mol. The van der Waals surface area contributed by atoms with Gasteiger partial charge in [-0.15, -0.1) is 0 Å². The summed E-state index contributed by atoms with van der Waals surface area (Å²) in [5.41, 5.74) is 6.39.